The number of morpholine rings is 1. The molecule has 0 radical (unpaired) electrons. The second-order valence-corrected chi connectivity index (χ2v) is 6.85. The summed E-state index contributed by atoms with van der Waals surface area (Å²) in [4.78, 5) is 22.3. The number of nitrogens with one attached hydrogen (secondary N) is 2. The van der Waals surface area contributed by atoms with Gasteiger partial charge in [-0.05, 0) is 31.2 Å². The third-order valence-corrected chi connectivity index (χ3v) is 5.02. The van der Waals surface area contributed by atoms with Crippen molar-refractivity contribution >= 4 is 5.91 Å². The van der Waals surface area contributed by atoms with Crippen molar-refractivity contribution < 1.29 is 14.3 Å². The number of hydrogen-bond acceptors (Lipinski definition) is 5. The van der Waals surface area contributed by atoms with Crippen molar-refractivity contribution in [3.05, 3.63) is 53.6 Å². The Bertz CT molecular complexity index is 749. The smallest absolute Gasteiger partial charge is 0.268 e. The van der Waals surface area contributed by atoms with Crippen molar-refractivity contribution in [2.75, 3.05) is 26.3 Å². The molecule has 3 atom stereocenters. The first kappa shape index (κ1) is 17.2. The van der Waals surface area contributed by atoms with Gasteiger partial charge in [-0.2, -0.15) is 0 Å². The van der Waals surface area contributed by atoms with E-state index >= 15 is 0 Å². The number of aromatic amines is 1. The van der Waals surface area contributed by atoms with Crippen LogP contribution in [0.3, 0.4) is 0 Å². The van der Waals surface area contributed by atoms with Gasteiger partial charge in [0.25, 0.3) is 5.91 Å². The summed E-state index contributed by atoms with van der Waals surface area (Å²) in [5, 5.41) is 3.12. The number of pyridine rings is 1. The molecule has 2 aliphatic heterocycles. The average Bonchev–Trinajstić information content (AvgIpc) is 3.28. The van der Waals surface area contributed by atoms with Gasteiger partial charge in [0.1, 0.15) is 5.69 Å². The summed E-state index contributed by atoms with van der Waals surface area (Å²) in [6.07, 6.45) is 1.62. The van der Waals surface area contributed by atoms with Gasteiger partial charge in [-0.15, -0.1) is 0 Å². The molecule has 0 spiro atoms. The molecule has 4 heterocycles. The normalized spacial score (nSPS) is 25.8. The van der Waals surface area contributed by atoms with Gasteiger partial charge in [0.15, 0.2) is 0 Å². The maximum Gasteiger partial charge on any atom is 0.268 e. The molecule has 0 aromatic carbocycles. The maximum atomic E-state index is 12.5. The summed E-state index contributed by atoms with van der Waals surface area (Å²) in [7, 11) is 0. The van der Waals surface area contributed by atoms with Crippen LogP contribution in [0.1, 0.15) is 21.9 Å². The number of H-pyrrole nitrogens is 1. The fourth-order valence-corrected chi connectivity index (χ4v) is 3.75. The Hall–Kier alpha value is -2.22. The van der Waals surface area contributed by atoms with E-state index in [2.05, 4.69) is 20.2 Å². The van der Waals surface area contributed by atoms with Crippen LogP contribution in [0.2, 0.25) is 0 Å². The van der Waals surface area contributed by atoms with Crippen molar-refractivity contribution in [3.63, 3.8) is 0 Å². The van der Waals surface area contributed by atoms with Crippen LogP contribution >= 0.6 is 0 Å². The third-order valence-electron chi connectivity index (χ3n) is 5.02. The minimum atomic E-state index is -0.128. The topological polar surface area (TPSA) is 79.5 Å². The number of nitrogens with zero attached hydrogens (tertiary/aromatic N) is 2. The molecule has 7 heteroatoms. The Kier molecular flexibility index (Phi) is 5.01. The van der Waals surface area contributed by atoms with Crippen LogP contribution in [0.5, 0.6) is 0 Å². The van der Waals surface area contributed by atoms with Crippen molar-refractivity contribution in [2.45, 2.75) is 31.7 Å². The first-order valence-electron chi connectivity index (χ1n) is 9.01. The molecular weight excluding hydrogens is 332 g/mol. The van der Waals surface area contributed by atoms with E-state index in [4.69, 9.17) is 9.47 Å². The van der Waals surface area contributed by atoms with Gasteiger partial charge >= 0.3 is 0 Å². The largest absolute Gasteiger partial charge is 0.378 e. The molecule has 26 heavy (non-hydrogen) atoms. The highest BCUT2D eigenvalue weighted by atomic mass is 16.5. The van der Waals surface area contributed by atoms with Crippen molar-refractivity contribution in [3.8, 4) is 0 Å². The summed E-state index contributed by atoms with van der Waals surface area (Å²) in [6, 6.07) is 9.57. The molecule has 0 bridgehead atoms. The second-order valence-electron chi connectivity index (χ2n) is 6.85. The summed E-state index contributed by atoms with van der Waals surface area (Å²) in [6.45, 7) is 5.37. The molecule has 138 valence electrons. The van der Waals surface area contributed by atoms with Crippen LogP contribution in [-0.2, 0) is 16.1 Å². The standard InChI is InChI=1S/C19H24N4O3/c1-13-4-2-5-14(21-13)11-26-18-16(10-23-8-9-25-12-17(18)23)22-19(24)15-6-3-7-20-15/h2-7,16-18,20H,8-12H2,1H3,(H,22,24). The van der Waals surface area contributed by atoms with E-state index in [-0.39, 0.29) is 24.1 Å². The van der Waals surface area contributed by atoms with E-state index in [0.29, 0.717) is 18.9 Å². The van der Waals surface area contributed by atoms with E-state index in [1.165, 1.54) is 0 Å². The first-order valence-corrected chi connectivity index (χ1v) is 9.01. The predicted molar refractivity (Wildman–Crippen MR) is 95.8 cm³/mol. The van der Waals surface area contributed by atoms with Crippen LogP contribution in [0.25, 0.3) is 0 Å². The van der Waals surface area contributed by atoms with Crippen LogP contribution in [-0.4, -0.2) is 65.3 Å². The fourth-order valence-electron chi connectivity index (χ4n) is 3.75. The van der Waals surface area contributed by atoms with Gasteiger partial charge < -0.3 is 19.8 Å². The van der Waals surface area contributed by atoms with Gasteiger partial charge in [0.05, 0.1) is 43.7 Å². The molecule has 2 saturated heterocycles. The zero-order valence-electron chi connectivity index (χ0n) is 14.9. The molecule has 2 aliphatic rings. The number of fused-ring (bicyclic) bond motifs is 1. The summed E-state index contributed by atoms with van der Waals surface area (Å²) in [5.41, 5.74) is 2.43. The monoisotopic (exact) mass is 356 g/mol. The minimum absolute atomic E-state index is 0.0812. The highest BCUT2D eigenvalue weighted by molar-refractivity contribution is 5.92. The van der Waals surface area contributed by atoms with E-state index in [1.807, 2.05) is 31.2 Å². The first-order chi connectivity index (χ1) is 12.7. The number of carbonyl (C=O) groups excluding carboxylic acids is 1. The zero-order valence-corrected chi connectivity index (χ0v) is 14.9. The summed E-state index contributed by atoms with van der Waals surface area (Å²) in [5.74, 6) is -0.108. The third kappa shape index (κ3) is 3.65. The lowest BCUT2D eigenvalue weighted by atomic mass is 10.1. The van der Waals surface area contributed by atoms with Gasteiger partial charge in [0, 0.05) is 25.0 Å². The van der Waals surface area contributed by atoms with Gasteiger partial charge in [-0.25, -0.2) is 0 Å². The second kappa shape index (κ2) is 7.57. The Morgan fingerprint density at radius 3 is 3.15 bits per heavy atom. The molecule has 2 N–H and O–H groups in total. The minimum Gasteiger partial charge on any atom is -0.378 e. The molecule has 0 aliphatic carbocycles. The summed E-state index contributed by atoms with van der Waals surface area (Å²) >= 11 is 0. The average molecular weight is 356 g/mol. The van der Waals surface area contributed by atoms with Gasteiger partial charge in [-0.1, -0.05) is 6.07 Å². The number of aryl methyl sites for hydroxylation is 1. The number of carbonyl (C=O) groups is 1. The number of rotatable bonds is 5. The van der Waals surface area contributed by atoms with Gasteiger partial charge in [-0.3, -0.25) is 14.7 Å². The van der Waals surface area contributed by atoms with E-state index < -0.39 is 0 Å². The molecule has 3 unspecified atom stereocenters. The lowest BCUT2D eigenvalue weighted by Gasteiger charge is -2.32. The maximum absolute atomic E-state index is 12.5. The number of hydrogen-bond donors (Lipinski definition) is 2. The van der Waals surface area contributed by atoms with Crippen molar-refractivity contribution in [2.24, 2.45) is 0 Å². The van der Waals surface area contributed by atoms with E-state index in [9.17, 15) is 4.79 Å². The molecule has 2 fully saturated rings. The highest BCUT2D eigenvalue weighted by Gasteiger charge is 2.44. The van der Waals surface area contributed by atoms with Gasteiger partial charge in [0.2, 0.25) is 0 Å². The highest BCUT2D eigenvalue weighted by Crippen LogP contribution is 2.25. The predicted octanol–water partition coefficient (Wildman–Crippen LogP) is 1.12. The molecule has 7 nitrogen and oxygen atoms in total. The quantitative estimate of drug-likeness (QED) is 0.839. The Balaban J connectivity index is 1.46. The van der Waals surface area contributed by atoms with E-state index in [0.717, 1.165) is 31.1 Å². The SMILES string of the molecule is Cc1cccc(COC2C(NC(=O)c3ccc[nH]3)CN3CCOCC23)n1. The lowest BCUT2D eigenvalue weighted by Crippen LogP contribution is -2.48. The van der Waals surface area contributed by atoms with Crippen molar-refractivity contribution in [1.82, 2.24) is 20.2 Å². The number of ether oxygens (including phenoxy) is 2. The molecule has 1 amide bonds. The fraction of sp³-hybridized carbons (Fsp3) is 0.474. The lowest BCUT2D eigenvalue weighted by molar-refractivity contribution is -0.0538. The molecule has 2 aromatic rings. The summed E-state index contributed by atoms with van der Waals surface area (Å²) < 4.78 is 11.9. The van der Waals surface area contributed by atoms with Crippen LogP contribution in [0.4, 0.5) is 0 Å². The molecular formula is C19H24N4O3. The van der Waals surface area contributed by atoms with Crippen LogP contribution < -0.4 is 5.32 Å². The number of aromatic nitrogens is 2. The van der Waals surface area contributed by atoms with E-state index in [1.54, 1.807) is 12.3 Å². The Morgan fingerprint density at radius 1 is 1.42 bits per heavy atom. The molecule has 0 saturated carbocycles. The van der Waals surface area contributed by atoms with Crippen molar-refractivity contribution in [1.29, 1.82) is 0 Å². The Labute approximate surface area is 152 Å². The van der Waals surface area contributed by atoms with Crippen LogP contribution in [0.15, 0.2) is 36.5 Å². The zero-order chi connectivity index (χ0) is 17.9. The molecule has 4 rings (SSSR count). The number of amides is 1. The Morgan fingerprint density at radius 2 is 2.35 bits per heavy atom. The molecule has 2 aromatic heterocycles. The van der Waals surface area contributed by atoms with Crippen LogP contribution in [0, 0.1) is 6.92 Å².